The van der Waals surface area contributed by atoms with Gasteiger partial charge in [0.15, 0.2) is 0 Å². The average molecular weight is 355 g/mol. The largest absolute Gasteiger partial charge is 0.383 e. The van der Waals surface area contributed by atoms with Gasteiger partial charge in [0.2, 0.25) is 10.0 Å². The normalized spacial score (nSPS) is 11.7. The molecule has 0 aliphatic carbocycles. The standard InChI is InChI=1S/C15H21N3O3S2/c1-12-11-22-15(18-12)13-4-3-5-14(10-13)23(19,20)17-7-6-16-8-9-21-2/h3-5,10-11,16-17H,6-9H2,1-2H3. The number of rotatable bonds is 9. The van der Waals surface area contributed by atoms with Crippen molar-refractivity contribution in [2.24, 2.45) is 0 Å². The highest BCUT2D eigenvalue weighted by Crippen LogP contribution is 2.25. The number of ether oxygens (including phenoxy) is 1. The molecule has 2 aromatic rings. The van der Waals surface area contributed by atoms with Gasteiger partial charge >= 0.3 is 0 Å². The first-order valence-electron chi connectivity index (χ1n) is 7.25. The molecule has 126 valence electrons. The number of nitrogens with zero attached hydrogens (tertiary/aromatic N) is 1. The van der Waals surface area contributed by atoms with Gasteiger partial charge in [0.05, 0.1) is 11.5 Å². The molecule has 1 aromatic heterocycles. The van der Waals surface area contributed by atoms with Gasteiger partial charge in [0, 0.05) is 43.4 Å². The van der Waals surface area contributed by atoms with E-state index in [0.29, 0.717) is 26.2 Å². The van der Waals surface area contributed by atoms with Crippen LogP contribution < -0.4 is 10.0 Å². The molecule has 2 rings (SSSR count). The quantitative estimate of drug-likeness (QED) is 0.668. The van der Waals surface area contributed by atoms with Gasteiger partial charge in [-0.05, 0) is 19.1 Å². The van der Waals surface area contributed by atoms with Gasteiger partial charge in [-0.3, -0.25) is 0 Å². The van der Waals surface area contributed by atoms with Gasteiger partial charge < -0.3 is 10.1 Å². The molecule has 23 heavy (non-hydrogen) atoms. The highest BCUT2D eigenvalue weighted by atomic mass is 32.2. The van der Waals surface area contributed by atoms with Crippen LogP contribution in [0.1, 0.15) is 5.69 Å². The SMILES string of the molecule is COCCNCCNS(=O)(=O)c1cccc(-c2nc(C)cs2)c1. The Balaban J connectivity index is 1.99. The Morgan fingerprint density at radius 1 is 1.26 bits per heavy atom. The van der Waals surface area contributed by atoms with Crippen LogP contribution in [0.25, 0.3) is 10.6 Å². The van der Waals surface area contributed by atoms with E-state index in [1.165, 1.54) is 11.3 Å². The summed E-state index contributed by atoms with van der Waals surface area (Å²) in [7, 11) is -1.89. The van der Waals surface area contributed by atoms with E-state index in [-0.39, 0.29) is 4.90 Å². The van der Waals surface area contributed by atoms with Crippen molar-refractivity contribution in [3.63, 3.8) is 0 Å². The third-order valence-corrected chi connectivity index (χ3v) is 5.56. The lowest BCUT2D eigenvalue weighted by atomic mass is 10.2. The smallest absolute Gasteiger partial charge is 0.240 e. The van der Waals surface area contributed by atoms with Gasteiger partial charge in [0.25, 0.3) is 0 Å². The summed E-state index contributed by atoms with van der Waals surface area (Å²) in [5, 5.41) is 5.86. The Morgan fingerprint density at radius 2 is 2.09 bits per heavy atom. The molecular weight excluding hydrogens is 334 g/mol. The van der Waals surface area contributed by atoms with Crippen molar-refractivity contribution in [3.8, 4) is 10.6 Å². The van der Waals surface area contributed by atoms with E-state index >= 15 is 0 Å². The topological polar surface area (TPSA) is 80.3 Å². The summed E-state index contributed by atoms with van der Waals surface area (Å²) in [4.78, 5) is 4.64. The average Bonchev–Trinajstić information content (AvgIpc) is 2.97. The number of benzene rings is 1. The molecule has 0 saturated carbocycles. The van der Waals surface area contributed by atoms with Crippen LogP contribution in [-0.4, -0.2) is 46.8 Å². The van der Waals surface area contributed by atoms with E-state index in [0.717, 1.165) is 16.3 Å². The molecule has 2 N–H and O–H groups in total. The first-order chi connectivity index (χ1) is 11.0. The van der Waals surface area contributed by atoms with Crippen LogP contribution in [-0.2, 0) is 14.8 Å². The van der Waals surface area contributed by atoms with Crippen molar-refractivity contribution >= 4 is 21.4 Å². The number of aryl methyl sites for hydroxylation is 1. The van der Waals surface area contributed by atoms with Crippen molar-refractivity contribution in [1.82, 2.24) is 15.0 Å². The second-order valence-corrected chi connectivity index (χ2v) is 7.59. The molecular formula is C15H21N3O3S2. The molecule has 0 atom stereocenters. The summed E-state index contributed by atoms with van der Waals surface area (Å²) in [6, 6.07) is 6.84. The third-order valence-electron chi connectivity index (χ3n) is 3.09. The van der Waals surface area contributed by atoms with Crippen LogP contribution in [0.4, 0.5) is 0 Å². The molecule has 6 nitrogen and oxygen atoms in total. The maximum atomic E-state index is 12.3. The molecule has 0 aliphatic heterocycles. The van der Waals surface area contributed by atoms with Crippen molar-refractivity contribution in [3.05, 3.63) is 35.3 Å². The molecule has 0 amide bonds. The lowest BCUT2D eigenvalue weighted by Gasteiger charge is -2.08. The second kappa shape index (κ2) is 8.51. The molecule has 0 aliphatic rings. The molecule has 0 spiro atoms. The van der Waals surface area contributed by atoms with Gasteiger partial charge in [-0.25, -0.2) is 18.1 Å². The van der Waals surface area contributed by atoms with E-state index in [2.05, 4.69) is 15.0 Å². The Kier molecular flexibility index (Phi) is 6.67. The number of hydrogen-bond acceptors (Lipinski definition) is 6. The fourth-order valence-corrected chi connectivity index (χ4v) is 3.81. The van der Waals surface area contributed by atoms with Crippen LogP contribution in [0.5, 0.6) is 0 Å². The van der Waals surface area contributed by atoms with E-state index in [4.69, 9.17) is 4.74 Å². The lowest BCUT2D eigenvalue weighted by molar-refractivity contribution is 0.199. The molecule has 0 bridgehead atoms. The summed E-state index contributed by atoms with van der Waals surface area (Å²) in [6.45, 7) is 4.08. The van der Waals surface area contributed by atoms with Crippen LogP contribution in [0, 0.1) is 6.92 Å². The van der Waals surface area contributed by atoms with Crippen LogP contribution in [0.15, 0.2) is 34.5 Å². The maximum absolute atomic E-state index is 12.3. The van der Waals surface area contributed by atoms with Gasteiger partial charge in [0.1, 0.15) is 5.01 Å². The van der Waals surface area contributed by atoms with E-state index in [1.54, 1.807) is 25.3 Å². The summed E-state index contributed by atoms with van der Waals surface area (Å²) < 4.78 is 32.2. The number of nitrogens with one attached hydrogen (secondary N) is 2. The van der Waals surface area contributed by atoms with Crippen molar-refractivity contribution < 1.29 is 13.2 Å². The molecule has 1 aromatic carbocycles. The predicted molar refractivity (Wildman–Crippen MR) is 92.2 cm³/mol. The van der Waals surface area contributed by atoms with Gasteiger partial charge in [-0.15, -0.1) is 11.3 Å². The highest BCUT2D eigenvalue weighted by Gasteiger charge is 2.14. The Hall–Kier alpha value is -1.32. The van der Waals surface area contributed by atoms with Crippen LogP contribution in [0.3, 0.4) is 0 Å². The number of thiazole rings is 1. The predicted octanol–water partition coefficient (Wildman–Crippen LogP) is 1.63. The second-order valence-electron chi connectivity index (χ2n) is 4.96. The fourth-order valence-electron chi connectivity index (χ4n) is 1.94. The summed E-state index contributed by atoms with van der Waals surface area (Å²) >= 11 is 1.50. The Morgan fingerprint density at radius 3 is 2.78 bits per heavy atom. The molecule has 0 radical (unpaired) electrons. The van der Waals surface area contributed by atoms with Gasteiger partial charge in [-0.1, -0.05) is 12.1 Å². The monoisotopic (exact) mass is 355 g/mol. The molecule has 1 heterocycles. The summed E-state index contributed by atoms with van der Waals surface area (Å²) in [5.74, 6) is 0. The van der Waals surface area contributed by atoms with E-state index in [1.807, 2.05) is 18.4 Å². The number of methoxy groups -OCH3 is 1. The zero-order chi connectivity index (χ0) is 16.7. The number of hydrogen-bond donors (Lipinski definition) is 2. The fraction of sp³-hybridized carbons (Fsp3) is 0.400. The first kappa shape index (κ1) is 18.0. The Bertz CT molecular complexity index is 729. The summed E-state index contributed by atoms with van der Waals surface area (Å²) in [6.07, 6.45) is 0. The zero-order valence-electron chi connectivity index (χ0n) is 13.2. The maximum Gasteiger partial charge on any atom is 0.240 e. The highest BCUT2D eigenvalue weighted by molar-refractivity contribution is 7.89. The minimum absolute atomic E-state index is 0.250. The number of sulfonamides is 1. The van der Waals surface area contributed by atoms with E-state index < -0.39 is 10.0 Å². The van der Waals surface area contributed by atoms with Crippen LogP contribution >= 0.6 is 11.3 Å². The third kappa shape index (κ3) is 5.36. The van der Waals surface area contributed by atoms with Gasteiger partial charge in [-0.2, -0.15) is 0 Å². The molecule has 0 saturated heterocycles. The van der Waals surface area contributed by atoms with Crippen molar-refractivity contribution in [2.45, 2.75) is 11.8 Å². The lowest BCUT2D eigenvalue weighted by Crippen LogP contribution is -2.33. The first-order valence-corrected chi connectivity index (χ1v) is 9.61. The zero-order valence-corrected chi connectivity index (χ0v) is 14.8. The molecule has 0 unspecified atom stereocenters. The van der Waals surface area contributed by atoms with Crippen molar-refractivity contribution in [2.75, 3.05) is 33.4 Å². The van der Waals surface area contributed by atoms with E-state index in [9.17, 15) is 8.42 Å². The Labute approximate surface area is 141 Å². The minimum Gasteiger partial charge on any atom is -0.383 e. The van der Waals surface area contributed by atoms with Crippen molar-refractivity contribution in [1.29, 1.82) is 0 Å². The summed E-state index contributed by atoms with van der Waals surface area (Å²) in [5.41, 5.74) is 1.74. The molecule has 8 heteroatoms. The minimum atomic E-state index is -3.52. The van der Waals surface area contributed by atoms with Crippen LogP contribution in [0.2, 0.25) is 0 Å². The number of aromatic nitrogens is 1. The molecule has 0 fully saturated rings.